The molecule has 84 valence electrons. The zero-order valence-corrected chi connectivity index (χ0v) is 10.6. The Hall–Kier alpha value is -0.880. The van der Waals surface area contributed by atoms with Gasteiger partial charge in [0.25, 0.3) is 0 Å². The lowest BCUT2D eigenvalue weighted by atomic mass is 10.4. The molecule has 0 saturated heterocycles. The molecule has 5 nitrogen and oxygen atoms in total. The van der Waals surface area contributed by atoms with Gasteiger partial charge in [-0.2, -0.15) is 4.98 Å². The van der Waals surface area contributed by atoms with Crippen LogP contribution in [0.3, 0.4) is 0 Å². The van der Waals surface area contributed by atoms with Crippen molar-refractivity contribution in [2.75, 3.05) is 31.3 Å². The summed E-state index contributed by atoms with van der Waals surface area (Å²) in [7, 11) is 3.49. The first-order valence-electron chi connectivity index (χ1n) is 4.64. The largest absolute Gasteiger partial charge is 0.380 e. The van der Waals surface area contributed by atoms with Crippen molar-refractivity contribution in [2.45, 2.75) is 13.0 Å². The van der Waals surface area contributed by atoms with E-state index < -0.39 is 0 Å². The Labute approximate surface area is 97.8 Å². The topological polar surface area (TPSA) is 59.1 Å². The Bertz CT molecular complexity index is 321. The van der Waals surface area contributed by atoms with E-state index in [-0.39, 0.29) is 6.10 Å². The van der Waals surface area contributed by atoms with Gasteiger partial charge in [-0.05, 0) is 22.9 Å². The van der Waals surface area contributed by atoms with E-state index in [1.807, 2.05) is 14.0 Å². The number of halogens is 1. The van der Waals surface area contributed by atoms with E-state index in [1.165, 1.54) is 0 Å². The van der Waals surface area contributed by atoms with E-state index in [1.54, 1.807) is 13.3 Å². The number of aromatic nitrogens is 2. The lowest BCUT2D eigenvalue weighted by Crippen LogP contribution is -2.19. The zero-order chi connectivity index (χ0) is 11.3. The van der Waals surface area contributed by atoms with Crippen LogP contribution in [0.25, 0.3) is 0 Å². The Balaban J connectivity index is 2.62. The van der Waals surface area contributed by atoms with Crippen molar-refractivity contribution < 1.29 is 4.74 Å². The maximum atomic E-state index is 5.11. The van der Waals surface area contributed by atoms with E-state index in [0.29, 0.717) is 12.5 Å². The number of ether oxygens (including phenoxy) is 1. The fraction of sp³-hybridized carbons (Fsp3) is 0.556. The molecule has 0 fully saturated rings. The van der Waals surface area contributed by atoms with E-state index in [0.717, 1.165) is 10.3 Å². The quantitative estimate of drug-likeness (QED) is 0.857. The van der Waals surface area contributed by atoms with Crippen molar-refractivity contribution in [2.24, 2.45) is 0 Å². The summed E-state index contributed by atoms with van der Waals surface area (Å²) >= 11 is 3.34. The molecule has 0 radical (unpaired) electrons. The standard InChI is InChI=1S/C9H15BrN4O/c1-6(15-3)4-12-9-13-5-7(10)8(11-2)14-9/h5-6H,4H2,1-3H3,(H2,11,12,13,14). The van der Waals surface area contributed by atoms with Gasteiger partial charge in [-0.15, -0.1) is 0 Å². The molecule has 0 bridgehead atoms. The van der Waals surface area contributed by atoms with Crippen LogP contribution in [0.2, 0.25) is 0 Å². The highest BCUT2D eigenvalue weighted by Crippen LogP contribution is 2.19. The smallest absolute Gasteiger partial charge is 0.224 e. The van der Waals surface area contributed by atoms with E-state index >= 15 is 0 Å². The Morgan fingerprint density at radius 1 is 1.60 bits per heavy atom. The normalized spacial score (nSPS) is 12.3. The molecule has 0 aliphatic rings. The minimum atomic E-state index is 0.135. The fourth-order valence-electron chi connectivity index (χ4n) is 0.946. The Morgan fingerprint density at radius 3 is 2.93 bits per heavy atom. The predicted molar refractivity (Wildman–Crippen MR) is 64.2 cm³/mol. The van der Waals surface area contributed by atoms with Crippen LogP contribution in [0.1, 0.15) is 6.92 Å². The highest BCUT2D eigenvalue weighted by Gasteiger charge is 2.04. The minimum absolute atomic E-state index is 0.135. The van der Waals surface area contributed by atoms with Crippen LogP contribution in [-0.2, 0) is 4.74 Å². The molecule has 1 rings (SSSR count). The van der Waals surface area contributed by atoms with Gasteiger partial charge >= 0.3 is 0 Å². The number of rotatable bonds is 5. The van der Waals surface area contributed by atoms with Gasteiger partial charge in [0, 0.05) is 26.9 Å². The average Bonchev–Trinajstić information content (AvgIpc) is 2.27. The van der Waals surface area contributed by atoms with Gasteiger partial charge in [-0.25, -0.2) is 4.98 Å². The molecule has 0 spiro atoms. The Kier molecular flexibility index (Phi) is 4.77. The van der Waals surface area contributed by atoms with Crippen LogP contribution in [0.15, 0.2) is 10.7 Å². The van der Waals surface area contributed by atoms with Crippen molar-refractivity contribution in [3.8, 4) is 0 Å². The van der Waals surface area contributed by atoms with E-state index in [2.05, 4.69) is 36.5 Å². The van der Waals surface area contributed by atoms with Gasteiger partial charge in [0.15, 0.2) is 0 Å². The summed E-state index contributed by atoms with van der Waals surface area (Å²) in [5, 5.41) is 6.06. The average molecular weight is 275 g/mol. The van der Waals surface area contributed by atoms with Crippen LogP contribution in [0.4, 0.5) is 11.8 Å². The molecule has 1 aromatic rings. The molecule has 1 unspecified atom stereocenters. The van der Waals surface area contributed by atoms with Crippen LogP contribution in [0, 0.1) is 0 Å². The second-order valence-electron chi connectivity index (χ2n) is 3.07. The highest BCUT2D eigenvalue weighted by molar-refractivity contribution is 9.10. The van der Waals surface area contributed by atoms with Crippen molar-refractivity contribution in [3.63, 3.8) is 0 Å². The summed E-state index contributed by atoms with van der Waals surface area (Å²) in [5.41, 5.74) is 0. The number of anilines is 2. The maximum Gasteiger partial charge on any atom is 0.224 e. The number of nitrogens with one attached hydrogen (secondary N) is 2. The van der Waals surface area contributed by atoms with Crippen LogP contribution in [-0.4, -0.2) is 36.8 Å². The third-order valence-corrected chi connectivity index (χ3v) is 2.51. The van der Waals surface area contributed by atoms with Crippen molar-refractivity contribution >= 4 is 27.7 Å². The van der Waals surface area contributed by atoms with Gasteiger partial charge in [0.1, 0.15) is 5.82 Å². The summed E-state index contributed by atoms with van der Waals surface area (Å²) in [4.78, 5) is 8.39. The second-order valence-corrected chi connectivity index (χ2v) is 3.92. The lowest BCUT2D eigenvalue weighted by Gasteiger charge is -2.11. The minimum Gasteiger partial charge on any atom is -0.380 e. The summed E-state index contributed by atoms with van der Waals surface area (Å²) in [6, 6.07) is 0. The second kappa shape index (κ2) is 5.87. The molecule has 0 amide bonds. The first-order valence-corrected chi connectivity index (χ1v) is 5.43. The molecule has 0 saturated carbocycles. The van der Waals surface area contributed by atoms with E-state index in [9.17, 15) is 0 Å². The van der Waals surface area contributed by atoms with Crippen molar-refractivity contribution in [1.82, 2.24) is 9.97 Å². The molecule has 6 heteroatoms. The predicted octanol–water partition coefficient (Wildman–Crippen LogP) is 1.73. The molecule has 0 aliphatic carbocycles. The SMILES string of the molecule is CNc1nc(NCC(C)OC)ncc1Br. The zero-order valence-electron chi connectivity index (χ0n) is 9.04. The van der Waals surface area contributed by atoms with Gasteiger partial charge in [-0.3, -0.25) is 0 Å². The highest BCUT2D eigenvalue weighted by atomic mass is 79.9. The number of hydrogen-bond donors (Lipinski definition) is 2. The number of methoxy groups -OCH3 is 1. The fourth-order valence-corrected chi connectivity index (χ4v) is 1.34. The monoisotopic (exact) mass is 274 g/mol. The third kappa shape index (κ3) is 3.64. The van der Waals surface area contributed by atoms with Crippen LogP contribution < -0.4 is 10.6 Å². The first kappa shape index (κ1) is 12.2. The van der Waals surface area contributed by atoms with Gasteiger partial charge in [-0.1, -0.05) is 0 Å². The molecule has 1 aromatic heterocycles. The van der Waals surface area contributed by atoms with Crippen molar-refractivity contribution in [3.05, 3.63) is 10.7 Å². The molecule has 2 N–H and O–H groups in total. The number of hydrogen-bond acceptors (Lipinski definition) is 5. The van der Waals surface area contributed by atoms with Gasteiger partial charge in [0.05, 0.1) is 10.6 Å². The summed E-state index contributed by atoms with van der Waals surface area (Å²) in [5.74, 6) is 1.35. The molecule has 1 atom stereocenters. The summed E-state index contributed by atoms with van der Waals surface area (Å²) < 4.78 is 5.95. The van der Waals surface area contributed by atoms with E-state index in [4.69, 9.17) is 4.74 Å². The van der Waals surface area contributed by atoms with Crippen LogP contribution in [0.5, 0.6) is 0 Å². The van der Waals surface area contributed by atoms with Gasteiger partial charge in [0.2, 0.25) is 5.95 Å². The van der Waals surface area contributed by atoms with Gasteiger partial charge < -0.3 is 15.4 Å². The molecular formula is C9H15BrN4O. The molecule has 0 aromatic carbocycles. The molecular weight excluding hydrogens is 260 g/mol. The molecule has 1 heterocycles. The van der Waals surface area contributed by atoms with Crippen LogP contribution >= 0.6 is 15.9 Å². The third-order valence-electron chi connectivity index (χ3n) is 1.93. The molecule has 15 heavy (non-hydrogen) atoms. The summed E-state index contributed by atoms with van der Waals surface area (Å²) in [6.07, 6.45) is 1.84. The molecule has 0 aliphatic heterocycles. The Morgan fingerprint density at radius 2 is 2.33 bits per heavy atom. The first-order chi connectivity index (χ1) is 7.17. The van der Waals surface area contributed by atoms with Crippen molar-refractivity contribution in [1.29, 1.82) is 0 Å². The lowest BCUT2D eigenvalue weighted by molar-refractivity contribution is 0.128. The summed E-state index contributed by atoms with van der Waals surface area (Å²) in [6.45, 7) is 2.66. The number of nitrogens with zero attached hydrogens (tertiary/aromatic N) is 2. The maximum absolute atomic E-state index is 5.11.